The monoisotopic (exact) mass is 262 g/mol. The molecule has 0 saturated heterocycles. The predicted molar refractivity (Wildman–Crippen MR) is 13.8 cm³/mol. The fraction of sp³-hybridized carbons (Fsp3) is 0. The van der Waals surface area contributed by atoms with Gasteiger partial charge in [-0.1, -0.05) is 0 Å². The van der Waals surface area contributed by atoms with Gasteiger partial charge in [0.25, 0.3) is 0 Å². The van der Waals surface area contributed by atoms with Gasteiger partial charge in [0.05, 0.1) is 0 Å². The molecular formula is CHIrN4. The van der Waals surface area contributed by atoms with Gasteiger partial charge in [-0.2, -0.15) is 0 Å². The molecule has 0 amide bonds. The van der Waals surface area contributed by atoms with Gasteiger partial charge in [-0.15, -0.1) is 0 Å². The molecule has 0 spiro atoms. The number of H-pyrrole nitrogens is 1. The minimum atomic E-state index is 0.745. The summed E-state index contributed by atoms with van der Waals surface area (Å²) in [6, 6.07) is 0. The Balaban J connectivity index is 3.05. The van der Waals surface area contributed by atoms with Crippen LogP contribution in [-0.4, -0.2) is 20.6 Å². The third-order valence-electron chi connectivity index (χ3n) is 0.310. The molecule has 1 rings (SSSR count). The molecule has 1 heterocycles. The Kier molecular flexibility index (Phi) is 0.938. The molecule has 0 radical (unpaired) electrons. The van der Waals surface area contributed by atoms with Gasteiger partial charge in [-0.25, -0.2) is 0 Å². The third kappa shape index (κ3) is 0.609. The number of nitrogens with one attached hydrogen (secondary N) is 1. The van der Waals surface area contributed by atoms with E-state index >= 15 is 0 Å². The Morgan fingerprint density at radius 1 is 1.67 bits per heavy atom. The van der Waals surface area contributed by atoms with Crippen molar-refractivity contribution in [3.63, 3.8) is 0 Å². The zero-order valence-corrected chi connectivity index (χ0v) is 5.07. The van der Waals surface area contributed by atoms with Crippen molar-refractivity contribution in [2.24, 2.45) is 0 Å². The van der Waals surface area contributed by atoms with Crippen LogP contribution < -0.4 is 4.34 Å². The van der Waals surface area contributed by atoms with Crippen molar-refractivity contribution in [3.05, 3.63) is 0 Å². The van der Waals surface area contributed by atoms with Crippen molar-refractivity contribution in [3.8, 4) is 0 Å². The maximum atomic E-state index is 3.50. The van der Waals surface area contributed by atoms with Crippen molar-refractivity contribution >= 4 is 4.34 Å². The first kappa shape index (κ1) is 3.89. The quantitative estimate of drug-likeness (QED) is 0.610. The molecule has 0 atom stereocenters. The molecule has 0 aliphatic rings. The number of nitrogens with zero attached hydrogens (tertiary/aromatic N) is 3. The summed E-state index contributed by atoms with van der Waals surface area (Å²) in [5.41, 5.74) is 0. The number of hydrogen-bond acceptors (Lipinski definition) is 3. The van der Waals surface area contributed by atoms with Gasteiger partial charge >= 0.3 is 43.9 Å². The van der Waals surface area contributed by atoms with Crippen molar-refractivity contribution in [1.29, 1.82) is 0 Å². The Morgan fingerprint density at radius 3 is 2.67 bits per heavy atom. The summed E-state index contributed by atoms with van der Waals surface area (Å²) in [6.45, 7) is 0. The molecule has 0 aliphatic heterocycles. The van der Waals surface area contributed by atoms with E-state index in [0.29, 0.717) is 0 Å². The fourth-order valence-corrected chi connectivity index (χ4v) is 0.370. The van der Waals surface area contributed by atoms with E-state index in [1.54, 1.807) is 18.9 Å². The van der Waals surface area contributed by atoms with Crippen LogP contribution in [0, 0.1) is 0 Å². The summed E-state index contributed by atoms with van der Waals surface area (Å²) in [6.07, 6.45) is 0. The Bertz CT molecular complexity index is 111. The van der Waals surface area contributed by atoms with Crippen molar-refractivity contribution in [2.75, 3.05) is 0 Å². The molecule has 5 heteroatoms. The van der Waals surface area contributed by atoms with Gasteiger partial charge in [-0.05, 0) is 0 Å². The van der Waals surface area contributed by atoms with Gasteiger partial charge in [-0.3, -0.25) is 0 Å². The average molecular weight is 261 g/mol. The minimum absolute atomic E-state index is 0.745. The van der Waals surface area contributed by atoms with E-state index in [-0.39, 0.29) is 0 Å². The van der Waals surface area contributed by atoms with Crippen LogP contribution in [0.15, 0.2) is 0 Å². The first-order valence-corrected chi connectivity index (χ1v) is 2.46. The number of aromatic amines is 1. The summed E-state index contributed by atoms with van der Waals surface area (Å²) in [4.78, 5) is 0. The molecule has 0 aromatic carbocycles. The molecule has 0 unspecified atom stereocenters. The number of aromatic nitrogens is 4. The molecule has 34 valence electrons. The van der Waals surface area contributed by atoms with Gasteiger partial charge in [0.2, 0.25) is 0 Å². The van der Waals surface area contributed by atoms with Crippen molar-refractivity contribution < 1.29 is 18.9 Å². The van der Waals surface area contributed by atoms with Gasteiger partial charge in [0.15, 0.2) is 0 Å². The van der Waals surface area contributed by atoms with Crippen LogP contribution in [0.4, 0.5) is 0 Å². The molecule has 1 aromatic heterocycles. The van der Waals surface area contributed by atoms with Gasteiger partial charge in [0, 0.05) is 0 Å². The van der Waals surface area contributed by atoms with E-state index in [2.05, 4.69) is 20.6 Å². The van der Waals surface area contributed by atoms with Crippen LogP contribution in [0.3, 0.4) is 0 Å². The van der Waals surface area contributed by atoms with Gasteiger partial charge in [0.1, 0.15) is 0 Å². The molecular weight excluding hydrogens is 260 g/mol. The second-order valence-electron chi connectivity index (χ2n) is 0.671. The average Bonchev–Trinajstić information content (AvgIpc) is 1.86. The molecule has 0 fully saturated rings. The van der Waals surface area contributed by atoms with E-state index in [4.69, 9.17) is 0 Å². The molecule has 0 bridgehead atoms. The summed E-state index contributed by atoms with van der Waals surface area (Å²) in [5.74, 6) is 0. The first-order valence-electron chi connectivity index (χ1n) is 1.26. The summed E-state index contributed by atoms with van der Waals surface area (Å²) >= 11 is 1.79. The Labute approximate surface area is 44.5 Å². The second-order valence-corrected chi connectivity index (χ2v) is 1.81. The topological polar surface area (TPSA) is 54.5 Å². The van der Waals surface area contributed by atoms with Crippen LogP contribution in [0.5, 0.6) is 0 Å². The zero-order valence-electron chi connectivity index (χ0n) is 2.67. The van der Waals surface area contributed by atoms with E-state index in [0.717, 1.165) is 4.34 Å². The summed E-state index contributed by atoms with van der Waals surface area (Å²) in [5, 5.41) is 12.6. The molecule has 0 aliphatic carbocycles. The van der Waals surface area contributed by atoms with Crippen LogP contribution >= 0.6 is 0 Å². The van der Waals surface area contributed by atoms with Crippen LogP contribution in [0.25, 0.3) is 0 Å². The van der Waals surface area contributed by atoms with Gasteiger partial charge < -0.3 is 0 Å². The molecule has 0 saturated carbocycles. The predicted octanol–water partition coefficient (Wildman–Crippen LogP) is -1.63. The van der Waals surface area contributed by atoms with Crippen LogP contribution in [-0.2, 0) is 18.9 Å². The fourth-order valence-electron chi connectivity index (χ4n) is 0.143. The third-order valence-corrected chi connectivity index (χ3v) is 0.817. The summed E-state index contributed by atoms with van der Waals surface area (Å²) < 4.78 is 0.745. The van der Waals surface area contributed by atoms with Crippen molar-refractivity contribution in [2.45, 2.75) is 0 Å². The summed E-state index contributed by atoms with van der Waals surface area (Å²) in [7, 11) is 0. The maximum absolute atomic E-state index is 3.50. The molecule has 1 aromatic rings. The normalized spacial score (nSPS) is 9.00. The zero-order chi connectivity index (χ0) is 4.41. The first-order chi connectivity index (χ1) is 2.89. The van der Waals surface area contributed by atoms with E-state index in [1.165, 1.54) is 0 Å². The van der Waals surface area contributed by atoms with E-state index < -0.39 is 0 Å². The SMILES string of the molecule is [Ir][c]1nnn[nH]1. The molecule has 1 N–H and O–H groups in total. The second kappa shape index (κ2) is 1.45. The van der Waals surface area contributed by atoms with Crippen LogP contribution in [0.2, 0.25) is 0 Å². The standard InChI is InChI=1S/CHN4.Ir/c1-2-4-5-3-1;/h(H,2,3,4,5);. The number of hydrogen-bond donors (Lipinski definition) is 1. The number of rotatable bonds is 0. The Hall–Kier alpha value is -0.281. The number of tetrazole rings is 1. The molecule has 4 nitrogen and oxygen atoms in total. The van der Waals surface area contributed by atoms with E-state index in [1.807, 2.05) is 0 Å². The van der Waals surface area contributed by atoms with E-state index in [9.17, 15) is 0 Å². The van der Waals surface area contributed by atoms with Crippen LogP contribution in [0.1, 0.15) is 0 Å². The molecule has 6 heavy (non-hydrogen) atoms. The Morgan fingerprint density at radius 2 is 2.50 bits per heavy atom. The van der Waals surface area contributed by atoms with Crippen molar-refractivity contribution in [1.82, 2.24) is 20.6 Å².